The van der Waals surface area contributed by atoms with Crippen LogP contribution in [0.5, 0.6) is 0 Å². The lowest BCUT2D eigenvalue weighted by molar-refractivity contribution is 0.0886. The molecular formula is C15H18N6O3S. The van der Waals surface area contributed by atoms with Gasteiger partial charge in [0.2, 0.25) is 10.0 Å². The van der Waals surface area contributed by atoms with Crippen molar-refractivity contribution in [1.82, 2.24) is 19.6 Å². The van der Waals surface area contributed by atoms with E-state index in [0.29, 0.717) is 13.0 Å². The van der Waals surface area contributed by atoms with E-state index in [1.54, 1.807) is 10.8 Å². The third kappa shape index (κ3) is 3.86. The number of fused-ring (bicyclic) bond motifs is 1. The van der Waals surface area contributed by atoms with E-state index in [2.05, 4.69) is 14.9 Å². The molecule has 0 spiro atoms. The maximum absolute atomic E-state index is 12.6. The SMILES string of the molecule is CS(=O)(=O)Nc1cnn(CC(=O)n2cc(CCN)c3ccccc32)n1. The number of nitrogens with one attached hydrogen (secondary N) is 1. The summed E-state index contributed by atoms with van der Waals surface area (Å²) in [6.45, 7) is 0.371. The fourth-order valence-corrected chi connectivity index (χ4v) is 3.09. The molecule has 0 fully saturated rings. The smallest absolute Gasteiger partial charge is 0.254 e. The summed E-state index contributed by atoms with van der Waals surface area (Å²) in [6.07, 6.45) is 4.71. The van der Waals surface area contributed by atoms with Gasteiger partial charge in [-0.05, 0) is 24.6 Å². The lowest BCUT2D eigenvalue weighted by atomic mass is 10.1. The minimum atomic E-state index is -3.44. The number of rotatable bonds is 6. The molecule has 3 aromatic rings. The molecule has 2 heterocycles. The predicted molar refractivity (Wildman–Crippen MR) is 93.8 cm³/mol. The number of para-hydroxylation sites is 1. The lowest BCUT2D eigenvalue weighted by Crippen LogP contribution is -2.19. The molecule has 9 nitrogen and oxygen atoms in total. The Balaban J connectivity index is 1.85. The molecule has 2 aromatic heterocycles. The van der Waals surface area contributed by atoms with Gasteiger partial charge in [0.05, 0.1) is 18.0 Å². The lowest BCUT2D eigenvalue weighted by Gasteiger charge is -2.03. The molecule has 0 aliphatic carbocycles. The number of anilines is 1. The average molecular weight is 362 g/mol. The van der Waals surface area contributed by atoms with Gasteiger partial charge in [0, 0.05) is 11.6 Å². The molecular weight excluding hydrogens is 344 g/mol. The Bertz CT molecular complexity index is 1020. The summed E-state index contributed by atoms with van der Waals surface area (Å²) < 4.78 is 26.1. The highest BCUT2D eigenvalue weighted by molar-refractivity contribution is 7.92. The largest absolute Gasteiger partial charge is 0.330 e. The first-order chi connectivity index (χ1) is 11.9. The van der Waals surface area contributed by atoms with Gasteiger partial charge in [-0.15, -0.1) is 5.10 Å². The van der Waals surface area contributed by atoms with Gasteiger partial charge >= 0.3 is 0 Å². The first-order valence-corrected chi connectivity index (χ1v) is 9.46. The van der Waals surface area contributed by atoms with Gasteiger partial charge in [0.1, 0.15) is 6.54 Å². The number of carbonyl (C=O) groups is 1. The van der Waals surface area contributed by atoms with E-state index < -0.39 is 10.0 Å². The second-order valence-corrected chi connectivity index (χ2v) is 7.36. The van der Waals surface area contributed by atoms with Crippen LogP contribution in [-0.4, -0.2) is 46.7 Å². The average Bonchev–Trinajstić information content (AvgIpc) is 3.11. The first kappa shape index (κ1) is 17.1. The second-order valence-electron chi connectivity index (χ2n) is 5.61. The Hall–Kier alpha value is -2.72. The van der Waals surface area contributed by atoms with E-state index in [1.807, 2.05) is 24.3 Å². The van der Waals surface area contributed by atoms with Gasteiger partial charge in [0.25, 0.3) is 5.91 Å². The van der Waals surface area contributed by atoms with E-state index in [-0.39, 0.29) is 18.3 Å². The topological polar surface area (TPSA) is 125 Å². The van der Waals surface area contributed by atoms with Crippen LogP contribution in [0.25, 0.3) is 10.9 Å². The van der Waals surface area contributed by atoms with Crippen molar-refractivity contribution >= 4 is 32.7 Å². The monoisotopic (exact) mass is 362 g/mol. The highest BCUT2D eigenvalue weighted by atomic mass is 32.2. The third-order valence-corrected chi connectivity index (χ3v) is 4.16. The van der Waals surface area contributed by atoms with Gasteiger partial charge in [-0.2, -0.15) is 9.90 Å². The molecule has 132 valence electrons. The number of aromatic nitrogens is 4. The Morgan fingerprint density at radius 2 is 2.08 bits per heavy atom. The number of benzene rings is 1. The zero-order valence-electron chi connectivity index (χ0n) is 13.6. The standard InChI is InChI=1S/C15H18N6O3S/c1-25(23,24)19-14-8-17-21(18-14)10-15(22)20-9-11(6-7-16)12-4-2-3-5-13(12)20/h2-5,8-9H,6-7,10,16H2,1H3,(H,18,19). The quantitative estimate of drug-likeness (QED) is 0.656. The van der Waals surface area contributed by atoms with Crippen LogP contribution < -0.4 is 10.5 Å². The molecule has 25 heavy (non-hydrogen) atoms. The van der Waals surface area contributed by atoms with Crippen molar-refractivity contribution in [2.45, 2.75) is 13.0 Å². The number of nitrogens with two attached hydrogens (primary N) is 1. The van der Waals surface area contributed by atoms with Crippen molar-refractivity contribution in [2.24, 2.45) is 5.73 Å². The van der Waals surface area contributed by atoms with Crippen LogP contribution in [0.1, 0.15) is 10.4 Å². The highest BCUT2D eigenvalue weighted by Crippen LogP contribution is 2.21. The van der Waals surface area contributed by atoms with Gasteiger partial charge in [-0.25, -0.2) is 8.42 Å². The molecule has 0 atom stereocenters. The van der Waals surface area contributed by atoms with E-state index in [1.165, 1.54) is 6.20 Å². The maximum atomic E-state index is 12.6. The van der Waals surface area contributed by atoms with Crippen LogP contribution in [-0.2, 0) is 23.0 Å². The van der Waals surface area contributed by atoms with Crippen molar-refractivity contribution in [1.29, 1.82) is 0 Å². The summed E-state index contributed by atoms with van der Waals surface area (Å²) >= 11 is 0. The minimum absolute atomic E-state index is 0.0662. The molecule has 0 aliphatic rings. The molecule has 0 saturated heterocycles. The van der Waals surface area contributed by atoms with Crippen LogP contribution >= 0.6 is 0 Å². The molecule has 0 saturated carbocycles. The third-order valence-electron chi connectivity index (χ3n) is 3.58. The zero-order valence-corrected chi connectivity index (χ0v) is 14.4. The number of carbonyl (C=O) groups excluding carboxylic acids is 1. The van der Waals surface area contributed by atoms with Crippen molar-refractivity contribution < 1.29 is 13.2 Å². The van der Waals surface area contributed by atoms with Crippen molar-refractivity contribution in [3.8, 4) is 0 Å². The minimum Gasteiger partial charge on any atom is -0.330 e. The van der Waals surface area contributed by atoms with Crippen molar-refractivity contribution in [3.05, 3.63) is 42.2 Å². The molecule has 1 aromatic carbocycles. The summed E-state index contributed by atoms with van der Waals surface area (Å²) in [4.78, 5) is 13.8. The molecule has 0 unspecified atom stereocenters. The summed E-state index contributed by atoms with van der Waals surface area (Å²) in [7, 11) is -3.44. The molecule has 10 heteroatoms. The van der Waals surface area contributed by atoms with E-state index in [9.17, 15) is 13.2 Å². The van der Waals surface area contributed by atoms with Gasteiger partial charge in [0.15, 0.2) is 5.82 Å². The van der Waals surface area contributed by atoms with Gasteiger partial charge < -0.3 is 5.73 Å². The Morgan fingerprint density at radius 1 is 1.32 bits per heavy atom. The first-order valence-electron chi connectivity index (χ1n) is 7.57. The van der Waals surface area contributed by atoms with E-state index in [0.717, 1.165) is 27.5 Å². The highest BCUT2D eigenvalue weighted by Gasteiger charge is 2.15. The normalized spacial score (nSPS) is 11.8. The Morgan fingerprint density at radius 3 is 2.80 bits per heavy atom. The number of hydrogen-bond donors (Lipinski definition) is 2. The van der Waals surface area contributed by atoms with Crippen LogP contribution in [0.4, 0.5) is 5.82 Å². The van der Waals surface area contributed by atoms with E-state index >= 15 is 0 Å². The summed E-state index contributed by atoms with van der Waals surface area (Å²) in [6, 6.07) is 7.58. The van der Waals surface area contributed by atoms with Crippen molar-refractivity contribution in [2.75, 3.05) is 17.5 Å². The Labute approximate surface area is 144 Å². The number of hydrogen-bond acceptors (Lipinski definition) is 6. The summed E-state index contributed by atoms with van der Waals surface area (Å²) in [5.74, 6) is -0.169. The molecule has 0 radical (unpaired) electrons. The van der Waals surface area contributed by atoms with Crippen LogP contribution in [0, 0.1) is 0 Å². The van der Waals surface area contributed by atoms with Crippen molar-refractivity contribution in [3.63, 3.8) is 0 Å². The fraction of sp³-hybridized carbons (Fsp3) is 0.267. The summed E-state index contributed by atoms with van der Waals surface area (Å²) in [5, 5.41) is 8.84. The molecule has 3 N–H and O–H groups in total. The molecule has 3 rings (SSSR count). The van der Waals surface area contributed by atoms with Gasteiger partial charge in [-0.1, -0.05) is 18.2 Å². The zero-order chi connectivity index (χ0) is 18.0. The predicted octanol–water partition coefficient (Wildman–Crippen LogP) is 0.446. The molecule has 0 amide bonds. The van der Waals surface area contributed by atoms with Crippen LogP contribution in [0.15, 0.2) is 36.7 Å². The number of nitrogens with zero attached hydrogens (tertiary/aromatic N) is 4. The molecule has 0 bridgehead atoms. The van der Waals surface area contributed by atoms with E-state index in [4.69, 9.17) is 5.73 Å². The Kier molecular flexibility index (Phi) is 4.55. The van der Waals surface area contributed by atoms with Crippen LogP contribution in [0.2, 0.25) is 0 Å². The fourth-order valence-electron chi connectivity index (χ4n) is 2.62. The van der Waals surface area contributed by atoms with Gasteiger partial charge in [-0.3, -0.25) is 14.1 Å². The second kappa shape index (κ2) is 6.65. The number of sulfonamides is 1. The summed E-state index contributed by atoms with van der Waals surface area (Å²) in [5.41, 5.74) is 7.43. The molecule has 0 aliphatic heterocycles. The maximum Gasteiger partial charge on any atom is 0.254 e. The van der Waals surface area contributed by atoms with Crippen LogP contribution in [0.3, 0.4) is 0 Å².